The first-order valence-corrected chi connectivity index (χ1v) is 10.7. The molecule has 1 atom stereocenters. The number of aromatic nitrogens is 4. The summed E-state index contributed by atoms with van der Waals surface area (Å²) in [5.74, 6) is -1.73. The zero-order valence-corrected chi connectivity index (χ0v) is 18.3. The van der Waals surface area contributed by atoms with Gasteiger partial charge >= 0.3 is 0 Å². The minimum atomic E-state index is -0.787. The molecule has 0 unspecified atom stereocenters. The Labute approximate surface area is 198 Å². The van der Waals surface area contributed by atoms with Crippen LogP contribution in [0.25, 0.3) is 5.70 Å². The summed E-state index contributed by atoms with van der Waals surface area (Å²) >= 11 is 6.08. The van der Waals surface area contributed by atoms with Gasteiger partial charge in [0.05, 0.1) is 5.70 Å². The summed E-state index contributed by atoms with van der Waals surface area (Å²) in [5.41, 5.74) is 2.46. The fourth-order valence-electron chi connectivity index (χ4n) is 3.85. The van der Waals surface area contributed by atoms with E-state index < -0.39 is 17.5 Å². The first-order valence-electron chi connectivity index (χ1n) is 10.3. The highest BCUT2D eigenvalue weighted by Gasteiger charge is 2.32. The lowest BCUT2D eigenvalue weighted by atomic mass is 10.0. The Morgan fingerprint density at radius 1 is 1.00 bits per heavy atom. The molecule has 34 heavy (non-hydrogen) atoms. The fourth-order valence-corrected chi connectivity index (χ4v) is 3.98. The van der Waals surface area contributed by atoms with Crippen molar-refractivity contribution in [2.24, 2.45) is 0 Å². The normalized spacial score (nSPS) is 15.0. The summed E-state index contributed by atoms with van der Waals surface area (Å²) < 4.78 is 28.7. The number of nitrogens with one attached hydrogen (secondary N) is 1. The zero-order chi connectivity index (χ0) is 23.7. The molecule has 3 aromatic carbocycles. The zero-order valence-electron chi connectivity index (χ0n) is 17.6. The number of nitrogens with zero attached hydrogens (tertiary/aromatic N) is 5. The standard InChI is InChI=1S/C24H17ClF2N6O/c25-17-8-6-16(7-9-17)21-13-22(15-4-2-1-3-5-15)33-24(29-30-31-33)32(21)14-23(34)28-20-11-18(26)10-19(27)12-20/h1-13,22H,14H2,(H,28,34)/t22-/m0/s1. The van der Waals surface area contributed by atoms with Gasteiger partial charge in [-0.15, -0.1) is 0 Å². The lowest BCUT2D eigenvalue weighted by molar-refractivity contribution is -0.114. The van der Waals surface area contributed by atoms with Crippen LogP contribution in [0, 0.1) is 11.6 Å². The second-order valence-electron chi connectivity index (χ2n) is 7.63. The third kappa shape index (κ3) is 4.38. The van der Waals surface area contributed by atoms with Gasteiger partial charge in [0, 0.05) is 16.8 Å². The number of hydrogen-bond acceptors (Lipinski definition) is 5. The summed E-state index contributed by atoms with van der Waals surface area (Å²) in [7, 11) is 0. The number of fused-ring (bicyclic) bond motifs is 1. The topological polar surface area (TPSA) is 75.9 Å². The van der Waals surface area contributed by atoms with Gasteiger partial charge in [0.25, 0.3) is 5.95 Å². The van der Waals surface area contributed by atoms with Crippen LogP contribution in [0.1, 0.15) is 17.2 Å². The van der Waals surface area contributed by atoms with Gasteiger partial charge in [0.15, 0.2) is 0 Å². The number of allylic oxidation sites excluding steroid dienone is 1. The summed E-state index contributed by atoms with van der Waals surface area (Å²) in [6.45, 7) is -0.200. The molecule has 0 saturated heterocycles. The highest BCUT2D eigenvalue weighted by molar-refractivity contribution is 6.30. The Hall–Kier alpha value is -4.11. The van der Waals surface area contributed by atoms with Crippen LogP contribution >= 0.6 is 11.6 Å². The third-order valence-electron chi connectivity index (χ3n) is 5.32. The number of hydrogen-bond donors (Lipinski definition) is 1. The Balaban J connectivity index is 1.53. The van der Waals surface area contributed by atoms with Gasteiger partial charge in [-0.3, -0.25) is 9.69 Å². The van der Waals surface area contributed by atoms with Crippen molar-refractivity contribution >= 4 is 34.8 Å². The summed E-state index contributed by atoms with van der Waals surface area (Å²) in [6, 6.07) is 19.4. The first kappa shape index (κ1) is 21.7. The lowest BCUT2D eigenvalue weighted by Gasteiger charge is -2.32. The van der Waals surface area contributed by atoms with Gasteiger partial charge in [-0.2, -0.15) is 4.68 Å². The molecule has 0 spiro atoms. The predicted molar refractivity (Wildman–Crippen MR) is 124 cm³/mol. The average Bonchev–Trinajstić information content (AvgIpc) is 3.30. The number of halogens is 3. The molecule has 1 aromatic heterocycles. The van der Waals surface area contributed by atoms with Crippen LogP contribution in [0.4, 0.5) is 20.4 Å². The summed E-state index contributed by atoms with van der Waals surface area (Å²) in [6.07, 6.45) is 1.96. The molecule has 0 saturated carbocycles. The summed E-state index contributed by atoms with van der Waals surface area (Å²) in [4.78, 5) is 14.5. The molecule has 0 fully saturated rings. The number of tetrazole rings is 1. The predicted octanol–water partition coefficient (Wildman–Crippen LogP) is 4.69. The largest absolute Gasteiger partial charge is 0.324 e. The van der Waals surface area contributed by atoms with Gasteiger partial charge < -0.3 is 5.32 Å². The number of anilines is 2. The van der Waals surface area contributed by atoms with Crippen molar-refractivity contribution in [3.63, 3.8) is 0 Å². The Kier molecular flexibility index (Phi) is 5.77. The van der Waals surface area contributed by atoms with E-state index in [1.54, 1.807) is 21.7 Å². The van der Waals surface area contributed by atoms with Crippen molar-refractivity contribution in [3.8, 4) is 0 Å². The highest BCUT2D eigenvalue weighted by atomic mass is 35.5. The van der Waals surface area contributed by atoms with Gasteiger partial charge in [-0.1, -0.05) is 59.2 Å². The molecular weight excluding hydrogens is 462 g/mol. The maximum absolute atomic E-state index is 13.6. The Bertz CT molecular complexity index is 1350. The van der Waals surface area contributed by atoms with E-state index in [-0.39, 0.29) is 18.3 Å². The smallest absolute Gasteiger partial charge is 0.251 e. The number of carbonyl (C=O) groups is 1. The van der Waals surface area contributed by atoms with Crippen molar-refractivity contribution in [2.75, 3.05) is 16.8 Å². The number of carbonyl (C=O) groups excluding carboxylic acids is 1. The van der Waals surface area contributed by atoms with Crippen molar-refractivity contribution in [1.29, 1.82) is 0 Å². The number of benzene rings is 3. The van der Waals surface area contributed by atoms with Gasteiger partial charge in [-0.25, -0.2) is 8.78 Å². The molecule has 1 aliphatic heterocycles. The molecule has 0 aliphatic carbocycles. The molecule has 10 heteroatoms. The lowest BCUT2D eigenvalue weighted by Crippen LogP contribution is -2.37. The van der Waals surface area contributed by atoms with E-state index in [0.717, 1.165) is 29.3 Å². The monoisotopic (exact) mass is 478 g/mol. The second-order valence-corrected chi connectivity index (χ2v) is 8.07. The van der Waals surface area contributed by atoms with Gasteiger partial charge in [-0.05, 0) is 51.9 Å². The van der Waals surface area contributed by atoms with Crippen molar-refractivity contribution in [3.05, 3.63) is 107 Å². The molecule has 5 rings (SSSR count). The summed E-state index contributed by atoms with van der Waals surface area (Å²) in [5, 5.41) is 15.2. The number of amides is 1. The van der Waals surface area contributed by atoms with Crippen LogP contribution in [0.15, 0.2) is 78.9 Å². The van der Waals surface area contributed by atoms with E-state index in [1.165, 1.54) is 0 Å². The van der Waals surface area contributed by atoms with E-state index in [1.807, 2.05) is 48.5 Å². The molecule has 1 N–H and O–H groups in total. The molecule has 0 radical (unpaired) electrons. The molecule has 7 nitrogen and oxygen atoms in total. The van der Waals surface area contributed by atoms with Gasteiger partial charge in [0.2, 0.25) is 5.91 Å². The van der Waals surface area contributed by atoms with E-state index in [9.17, 15) is 13.6 Å². The Morgan fingerprint density at radius 2 is 1.71 bits per heavy atom. The maximum Gasteiger partial charge on any atom is 0.251 e. The van der Waals surface area contributed by atoms with Crippen molar-refractivity contribution in [1.82, 2.24) is 20.2 Å². The maximum atomic E-state index is 13.6. The molecule has 170 valence electrons. The van der Waals surface area contributed by atoms with Crippen LogP contribution in [-0.2, 0) is 4.79 Å². The number of rotatable bonds is 5. The minimum absolute atomic E-state index is 0.0123. The van der Waals surface area contributed by atoms with Crippen LogP contribution in [-0.4, -0.2) is 32.7 Å². The third-order valence-corrected chi connectivity index (χ3v) is 5.57. The molecular formula is C24H17ClF2N6O. The fraction of sp³-hybridized carbons (Fsp3) is 0.0833. The van der Waals surface area contributed by atoms with Crippen LogP contribution in [0.2, 0.25) is 5.02 Å². The second kappa shape index (κ2) is 9.03. The van der Waals surface area contributed by atoms with Crippen LogP contribution in [0.5, 0.6) is 0 Å². The van der Waals surface area contributed by atoms with Crippen molar-refractivity contribution < 1.29 is 13.6 Å². The van der Waals surface area contributed by atoms with E-state index in [2.05, 4.69) is 20.8 Å². The van der Waals surface area contributed by atoms with E-state index >= 15 is 0 Å². The molecule has 0 bridgehead atoms. The van der Waals surface area contributed by atoms with E-state index in [0.29, 0.717) is 16.7 Å². The van der Waals surface area contributed by atoms with Crippen molar-refractivity contribution in [2.45, 2.75) is 6.04 Å². The first-order chi connectivity index (χ1) is 16.5. The average molecular weight is 479 g/mol. The minimum Gasteiger partial charge on any atom is -0.324 e. The molecule has 2 heterocycles. The van der Waals surface area contributed by atoms with Crippen LogP contribution in [0.3, 0.4) is 0 Å². The SMILES string of the molecule is O=C(CN1C(c2ccc(Cl)cc2)=C[C@@H](c2ccccc2)n2nnnc21)Nc1cc(F)cc(F)c1. The highest BCUT2D eigenvalue weighted by Crippen LogP contribution is 2.36. The molecule has 1 aliphatic rings. The molecule has 1 amide bonds. The quantitative estimate of drug-likeness (QED) is 0.450. The van der Waals surface area contributed by atoms with Crippen LogP contribution < -0.4 is 10.2 Å². The van der Waals surface area contributed by atoms with E-state index in [4.69, 9.17) is 11.6 Å². The van der Waals surface area contributed by atoms with Gasteiger partial charge in [0.1, 0.15) is 24.2 Å². The molecule has 4 aromatic rings. The Morgan fingerprint density at radius 3 is 2.41 bits per heavy atom.